The van der Waals surface area contributed by atoms with Crippen LogP contribution >= 0.6 is 23.2 Å². The number of carbonyl (C=O) groups is 1. The van der Waals surface area contributed by atoms with E-state index in [1.54, 1.807) is 12.1 Å². The average molecular weight is 245 g/mol. The van der Waals surface area contributed by atoms with Gasteiger partial charge in [0.25, 0.3) is 0 Å². The van der Waals surface area contributed by atoms with E-state index in [-0.39, 0.29) is 16.6 Å². The summed E-state index contributed by atoms with van der Waals surface area (Å²) < 4.78 is 0. The molecule has 1 atom stereocenters. The Morgan fingerprint density at radius 2 is 1.67 bits per heavy atom. The second-order valence-electron chi connectivity index (χ2n) is 4.65. The summed E-state index contributed by atoms with van der Waals surface area (Å²) in [6, 6.07) is 7.24. The maximum absolute atomic E-state index is 11.4. The first-order valence-electron chi connectivity index (χ1n) is 4.77. The van der Waals surface area contributed by atoms with E-state index < -0.39 is 0 Å². The Morgan fingerprint density at radius 3 is 2.00 bits per heavy atom. The monoisotopic (exact) mass is 244 g/mol. The van der Waals surface area contributed by atoms with Crippen LogP contribution in [0, 0.1) is 5.41 Å². The van der Waals surface area contributed by atoms with Gasteiger partial charge in [0.2, 0.25) is 5.24 Å². The number of halogens is 2. The predicted molar refractivity (Wildman–Crippen MR) is 64.5 cm³/mol. The van der Waals surface area contributed by atoms with Crippen LogP contribution in [-0.4, -0.2) is 5.24 Å². The van der Waals surface area contributed by atoms with Gasteiger partial charge in [-0.3, -0.25) is 4.79 Å². The molecule has 82 valence electrons. The van der Waals surface area contributed by atoms with Crippen molar-refractivity contribution in [2.24, 2.45) is 5.41 Å². The molecule has 0 aliphatic carbocycles. The second-order valence-corrected chi connectivity index (χ2v) is 5.46. The highest BCUT2D eigenvalue weighted by molar-refractivity contribution is 6.64. The number of rotatable bonds is 2. The van der Waals surface area contributed by atoms with Crippen LogP contribution in [0.1, 0.15) is 32.3 Å². The molecule has 0 aliphatic heterocycles. The zero-order chi connectivity index (χ0) is 11.6. The molecule has 0 bridgehead atoms. The maximum atomic E-state index is 11.4. The number of hydrogen-bond acceptors (Lipinski definition) is 1. The molecule has 0 fully saturated rings. The Kier molecular flexibility index (Phi) is 3.80. The molecule has 1 rings (SSSR count). The van der Waals surface area contributed by atoms with E-state index in [1.807, 2.05) is 32.9 Å². The van der Waals surface area contributed by atoms with Crippen molar-refractivity contribution in [3.63, 3.8) is 0 Å². The van der Waals surface area contributed by atoms with Gasteiger partial charge in [-0.05, 0) is 34.7 Å². The molecule has 0 saturated carbocycles. The Hall–Kier alpha value is -0.530. The fourth-order valence-electron chi connectivity index (χ4n) is 1.63. The Morgan fingerprint density at radius 1 is 1.20 bits per heavy atom. The quantitative estimate of drug-likeness (QED) is 0.712. The van der Waals surface area contributed by atoms with Gasteiger partial charge in [0, 0.05) is 5.02 Å². The summed E-state index contributed by atoms with van der Waals surface area (Å²) in [7, 11) is 0. The second kappa shape index (κ2) is 4.54. The molecule has 1 aromatic rings. The van der Waals surface area contributed by atoms with Gasteiger partial charge in [-0.2, -0.15) is 0 Å². The van der Waals surface area contributed by atoms with Crippen LogP contribution in [-0.2, 0) is 4.79 Å². The van der Waals surface area contributed by atoms with E-state index in [9.17, 15) is 4.79 Å². The minimum Gasteiger partial charge on any atom is -0.281 e. The molecular weight excluding hydrogens is 231 g/mol. The van der Waals surface area contributed by atoms with Crippen LogP contribution in [0.2, 0.25) is 5.02 Å². The predicted octanol–water partition coefficient (Wildman–Crippen LogP) is 4.24. The normalized spacial score (nSPS) is 13.7. The van der Waals surface area contributed by atoms with Gasteiger partial charge in [-0.25, -0.2) is 0 Å². The van der Waals surface area contributed by atoms with Crippen molar-refractivity contribution >= 4 is 28.4 Å². The van der Waals surface area contributed by atoms with Gasteiger partial charge in [0.1, 0.15) is 0 Å². The van der Waals surface area contributed by atoms with E-state index in [0.717, 1.165) is 5.56 Å². The Labute approximate surface area is 100 Å². The molecule has 0 aliphatic rings. The molecule has 0 N–H and O–H groups in total. The van der Waals surface area contributed by atoms with Gasteiger partial charge >= 0.3 is 0 Å². The van der Waals surface area contributed by atoms with Gasteiger partial charge < -0.3 is 0 Å². The van der Waals surface area contributed by atoms with Crippen molar-refractivity contribution < 1.29 is 4.79 Å². The van der Waals surface area contributed by atoms with Crippen LogP contribution in [0.15, 0.2) is 24.3 Å². The first-order valence-corrected chi connectivity index (χ1v) is 5.53. The highest BCUT2D eigenvalue weighted by Crippen LogP contribution is 2.37. The SMILES string of the molecule is CC(C)(C)C(C(=O)Cl)c1ccc(Cl)cc1. The molecule has 3 heteroatoms. The summed E-state index contributed by atoms with van der Waals surface area (Å²) in [5.74, 6) is -0.295. The highest BCUT2D eigenvalue weighted by Gasteiger charge is 2.31. The fraction of sp³-hybridized carbons (Fsp3) is 0.417. The minimum atomic E-state index is -0.329. The first kappa shape index (κ1) is 12.5. The molecular formula is C12H14Cl2O. The van der Waals surface area contributed by atoms with Crippen LogP contribution < -0.4 is 0 Å². The first-order chi connectivity index (χ1) is 6.82. The third kappa shape index (κ3) is 3.22. The third-order valence-corrected chi connectivity index (χ3v) is 2.77. The van der Waals surface area contributed by atoms with Gasteiger partial charge in [-0.15, -0.1) is 0 Å². The molecule has 1 aromatic carbocycles. The largest absolute Gasteiger partial charge is 0.281 e. The van der Waals surface area contributed by atoms with E-state index in [4.69, 9.17) is 23.2 Å². The van der Waals surface area contributed by atoms with Crippen molar-refractivity contribution in [3.05, 3.63) is 34.9 Å². The molecule has 0 amide bonds. The van der Waals surface area contributed by atoms with Crippen molar-refractivity contribution in [3.8, 4) is 0 Å². The molecule has 1 nitrogen and oxygen atoms in total. The molecule has 0 saturated heterocycles. The Bertz CT molecular complexity index is 349. The van der Waals surface area contributed by atoms with Crippen molar-refractivity contribution in [2.45, 2.75) is 26.7 Å². The zero-order valence-corrected chi connectivity index (χ0v) is 10.6. The summed E-state index contributed by atoms with van der Waals surface area (Å²) in [5.41, 5.74) is 0.721. The number of hydrogen-bond donors (Lipinski definition) is 0. The van der Waals surface area contributed by atoms with Gasteiger partial charge in [-0.1, -0.05) is 44.5 Å². The van der Waals surface area contributed by atoms with E-state index >= 15 is 0 Å². The third-order valence-electron chi connectivity index (χ3n) is 2.30. The topological polar surface area (TPSA) is 17.1 Å². The number of carbonyl (C=O) groups excluding carboxylic acids is 1. The average Bonchev–Trinajstić information content (AvgIpc) is 2.05. The zero-order valence-electron chi connectivity index (χ0n) is 9.05. The lowest BCUT2D eigenvalue weighted by atomic mass is 9.77. The molecule has 1 unspecified atom stereocenters. The van der Waals surface area contributed by atoms with Gasteiger partial charge in [0.05, 0.1) is 5.92 Å². The fourth-order valence-corrected chi connectivity index (χ4v) is 2.21. The van der Waals surface area contributed by atoms with Crippen molar-refractivity contribution in [1.82, 2.24) is 0 Å². The lowest BCUT2D eigenvalue weighted by molar-refractivity contribution is -0.115. The van der Waals surface area contributed by atoms with Crippen LogP contribution in [0.3, 0.4) is 0 Å². The smallest absolute Gasteiger partial charge is 0.229 e. The Balaban J connectivity index is 3.11. The maximum Gasteiger partial charge on any atom is 0.229 e. The lowest BCUT2D eigenvalue weighted by Crippen LogP contribution is -2.23. The minimum absolute atomic E-state index is 0.188. The summed E-state index contributed by atoms with van der Waals surface area (Å²) in [6.45, 7) is 5.98. The molecule has 0 aromatic heterocycles. The summed E-state index contributed by atoms with van der Waals surface area (Å²) in [6.07, 6.45) is 0. The molecule has 0 heterocycles. The number of benzene rings is 1. The summed E-state index contributed by atoms with van der Waals surface area (Å²) in [4.78, 5) is 11.4. The van der Waals surface area contributed by atoms with E-state index in [1.165, 1.54) is 0 Å². The van der Waals surface area contributed by atoms with E-state index in [0.29, 0.717) is 5.02 Å². The van der Waals surface area contributed by atoms with Crippen LogP contribution in [0.25, 0.3) is 0 Å². The van der Waals surface area contributed by atoms with Crippen LogP contribution in [0.5, 0.6) is 0 Å². The summed E-state index contributed by atoms with van der Waals surface area (Å²) >= 11 is 11.4. The lowest BCUT2D eigenvalue weighted by Gasteiger charge is -2.27. The van der Waals surface area contributed by atoms with E-state index in [2.05, 4.69) is 0 Å². The van der Waals surface area contributed by atoms with Crippen LogP contribution in [0.4, 0.5) is 0 Å². The van der Waals surface area contributed by atoms with Crippen molar-refractivity contribution in [1.29, 1.82) is 0 Å². The highest BCUT2D eigenvalue weighted by atomic mass is 35.5. The molecule has 0 spiro atoms. The molecule has 0 radical (unpaired) electrons. The van der Waals surface area contributed by atoms with Gasteiger partial charge in [0.15, 0.2) is 0 Å². The summed E-state index contributed by atoms with van der Waals surface area (Å²) in [5, 5.41) is 0.332. The standard InChI is InChI=1S/C12H14Cl2O/c1-12(2,3)10(11(14)15)8-4-6-9(13)7-5-8/h4-7,10H,1-3H3. The van der Waals surface area contributed by atoms with Crippen molar-refractivity contribution in [2.75, 3.05) is 0 Å². The molecule has 15 heavy (non-hydrogen) atoms.